The fourth-order valence-electron chi connectivity index (χ4n) is 2.09. The van der Waals surface area contributed by atoms with E-state index in [1.54, 1.807) is 0 Å². The van der Waals surface area contributed by atoms with Gasteiger partial charge in [-0.05, 0) is 12.8 Å². The van der Waals surface area contributed by atoms with E-state index in [1.165, 1.54) is 6.42 Å². The number of hydrogen-bond donors (Lipinski definition) is 1. The molecule has 0 radical (unpaired) electrons. The molecule has 94 valence electrons. The maximum absolute atomic E-state index is 11.6. The highest BCUT2D eigenvalue weighted by Gasteiger charge is 2.32. The molecule has 1 N–H and O–H groups in total. The molecule has 16 heavy (non-hydrogen) atoms. The van der Waals surface area contributed by atoms with E-state index in [0.717, 1.165) is 31.9 Å². The van der Waals surface area contributed by atoms with Crippen molar-refractivity contribution in [3.63, 3.8) is 0 Å². The van der Waals surface area contributed by atoms with E-state index in [9.17, 15) is 13.2 Å². The van der Waals surface area contributed by atoms with Crippen LogP contribution >= 0.6 is 15.9 Å². The molecule has 0 aliphatic heterocycles. The zero-order chi connectivity index (χ0) is 12.2. The summed E-state index contributed by atoms with van der Waals surface area (Å²) >= 11 is 3.41. The van der Waals surface area contributed by atoms with Crippen LogP contribution in [0, 0.1) is 0 Å². The molecule has 1 amide bonds. The van der Waals surface area contributed by atoms with E-state index < -0.39 is 15.6 Å². The number of hydrogen-bond acceptors (Lipinski definition) is 3. The molecule has 0 saturated heterocycles. The van der Waals surface area contributed by atoms with Crippen molar-refractivity contribution in [1.82, 2.24) is 5.32 Å². The topological polar surface area (TPSA) is 63.2 Å². The largest absolute Gasteiger partial charge is 0.349 e. The van der Waals surface area contributed by atoms with Crippen LogP contribution in [0.5, 0.6) is 0 Å². The molecule has 6 heteroatoms. The average molecular weight is 312 g/mol. The second kappa shape index (κ2) is 5.49. The molecule has 1 rings (SSSR count). The van der Waals surface area contributed by atoms with Gasteiger partial charge >= 0.3 is 0 Å². The van der Waals surface area contributed by atoms with Gasteiger partial charge in [0, 0.05) is 17.1 Å². The standard InChI is InChI=1S/C10H18BrNO3S/c1-16(14,15)7-9(13)12-10(8-11)5-3-2-4-6-10/h2-8H2,1H3,(H,12,13). The predicted molar refractivity (Wildman–Crippen MR) is 67.5 cm³/mol. The minimum absolute atomic E-state index is 0.236. The summed E-state index contributed by atoms with van der Waals surface area (Å²) in [7, 11) is -3.24. The lowest BCUT2D eigenvalue weighted by molar-refractivity contribution is -0.120. The zero-order valence-electron chi connectivity index (χ0n) is 9.46. The van der Waals surface area contributed by atoms with E-state index >= 15 is 0 Å². The Morgan fingerprint density at radius 2 is 1.88 bits per heavy atom. The van der Waals surface area contributed by atoms with Gasteiger partial charge in [0.2, 0.25) is 5.91 Å². The van der Waals surface area contributed by atoms with Crippen molar-refractivity contribution >= 4 is 31.7 Å². The summed E-state index contributed by atoms with van der Waals surface area (Å²) in [6, 6.07) is 0. The number of amides is 1. The summed E-state index contributed by atoms with van der Waals surface area (Å²) in [5, 5.41) is 3.56. The number of halogens is 1. The molecule has 1 saturated carbocycles. The zero-order valence-corrected chi connectivity index (χ0v) is 11.9. The van der Waals surface area contributed by atoms with Crippen LogP contribution in [0.3, 0.4) is 0 Å². The van der Waals surface area contributed by atoms with Crippen molar-refractivity contribution in [2.45, 2.75) is 37.6 Å². The van der Waals surface area contributed by atoms with Crippen molar-refractivity contribution in [3.8, 4) is 0 Å². The van der Waals surface area contributed by atoms with Crippen molar-refractivity contribution in [2.75, 3.05) is 17.3 Å². The van der Waals surface area contributed by atoms with Crippen LogP contribution in [-0.2, 0) is 14.6 Å². The van der Waals surface area contributed by atoms with Gasteiger partial charge in [0.25, 0.3) is 0 Å². The fraction of sp³-hybridized carbons (Fsp3) is 0.900. The molecular formula is C10H18BrNO3S. The van der Waals surface area contributed by atoms with Gasteiger partial charge in [-0.15, -0.1) is 0 Å². The lowest BCUT2D eigenvalue weighted by atomic mass is 9.83. The van der Waals surface area contributed by atoms with Gasteiger partial charge in [0.05, 0.1) is 0 Å². The first kappa shape index (κ1) is 14.0. The number of rotatable bonds is 4. The molecule has 0 unspecified atom stereocenters. The van der Waals surface area contributed by atoms with E-state index in [4.69, 9.17) is 0 Å². The Morgan fingerprint density at radius 1 is 1.31 bits per heavy atom. The van der Waals surface area contributed by atoms with Crippen LogP contribution in [0.1, 0.15) is 32.1 Å². The van der Waals surface area contributed by atoms with Crippen LogP contribution in [0.4, 0.5) is 0 Å². The number of carbonyl (C=O) groups is 1. The van der Waals surface area contributed by atoms with E-state index in [2.05, 4.69) is 21.2 Å². The summed E-state index contributed by atoms with van der Waals surface area (Å²) < 4.78 is 22.0. The highest BCUT2D eigenvalue weighted by molar-refractivity contribution is 9.09. The monoisotopic (exact) mass is 311 g/mol. The van der Waals surface area contributed by atoms with Gasteiger partial charge in [-0.25, -0.2) is 8.42 Å². The molecule has 0 heterocycles. The molecule has 0 aromatic heterocycles. The average Bonchev–Trinajstić information content (AvgIpc) is 2.16. The smallest absolute Gasteiger partial charge is 0.235 e. The molecule has 0 spiro atoms. The minimum atomic E-state index is -3.24. The Morgan fingerprint density at radius 3 is 2.31 bits per heavy atom. The van der Waals surface area contributed by atoms with Gasteiger partial charge in [-0.1, -0.05) is 35.2 Å². The summed E-state index contributed by atoms with van der Waals surface area (Å²) in [5.41, 5.74) is -0.236. The van der Waals surface area contributed by atoms with E-state index in [1.807, 2.05) is 0 Å². The van der Waals surface area contributed by atoms with Crippen LogP contribution in [0.15, 0.2) is 0 Å². The molecule has 1 fully saturated rings. The molecule has 4 nitrogen and oxygen atoms in total. The highest BCUT2D eigenvalue weighted by atomic mass is 79.9. The van der Waals surface area contributed by atoms with Gasteiger partial charge in [-0.2, -0.15) is 0 Å². The lowest BCUT2D eigenvalue weighted by Crippen LogP contribution is -2.52. The third kappa shape index (κ3) is 4.41. The first-order valence-corrected chi connectivity index (χ1v) is 8.60. The maximum Gasteiger partial charge on any atom is 0.235 e. The van der Waals surface area contributed by atoms with E-state index in [0.29, 0.717) is 5.33 Å². The fourth-order valence-corrected chi connectivity index (χ4v) is 3.34. The quantitative estimate of drug-likeness (QED) is 0.795. The van der Waals surface area contributed by atoms with Gasteiger partial charge in [0.15, 0.2) is 9.84 Å². The third-order valence-corrected chi connectivity index (χ3v) is 4.72. The molecule has 1 aliphatic rings. The van der Waals surface area contributed by atoms with Gasteiger partial charge < -0.3 is 5.32 Å². The molecule has 0 atom stereocenters. The summed E-state index contributed by atoms with van der Waals surface area (Å²) in [6.45, 7) is 0. The highest BCUT2D eigenvalue weighted by Crippen LogP contribution is 2.29. The second-order valence-electron chi connectivity index (χ2n) is 4.59. The Kier molecular flexibility index (Phi) is 4.79. The Balaban J connectivity index is 2.59. The molecule has 0 aromatic carbocycles. The first-order chi connectivity index (χ1) is 7.37. The SMILES string of the molecule is CS(=O)(=O)CC(=O)NC1(CBr)CCCCC1. The molecular weight excluding hydrogens is 294 g/mol. The predicted octanol–water partition coefficient (Wildman–Crippen LogP) is 1.24. The molecule has 0 aromatic rings. The maximum atomic E-state index is 11.6. The summed E-state index contributed by atoms with van der Waals surface area (Å²) in [4.78, 5) is 11.6. The summed E-state index contributed by atoms with van der Waals surface area (Å²) in [5.74, 6) is -0.800. The lowest BCUT2D eigenvalue weighted by Gasteiger charge is -2.36. The van der Waals surface area contributed by atoms with Crippen LogP contribution in [0.2, 0.25) is 0 Å². The van der Waals surface area contributed by atoms with Crippen molar-refractivity contribution < 1.29 is 13.2 Å². The number of nitrogens with one attached hydrogen (secondary N) is 1. The Bertz CT molecular complexity index is 347. The summed E-state index contributed by atoms with van der Waals surface area (Å²) in [6.07, 6.45) is 6.29. The van der Waals surface area contributed by atoms with Gasteiger partial charge in [-0.3, -0.25) is 4.79 Å². The molecule has 1 aliphatic carbocycles. The number of alkyl halides is 1. The van der Waals surface area contributed by atoms with Crippen LogP contribution in [-0.4, -0.2) is 37.2 Å². The van der Waals surface area contributed by atoms with Crippen LogP contribution in [0.25, 0.3) is 0 Å². The van der Waals surface area contributed by atoms with Crippen molar-refractivity contribution in [2.24, 2.45) is 0 Å². The normalized spacial score (nSPS) is 20.4. The van der Waals surface area contributed by atoms with Gasteiger partial charge in [0.1, 0.15) is 5.75 Å². The van der Waals surface area contributed by atoms with Crippen LogP contribution < -0.4 is 5.32 Å². The minimum Gasteiger partial charge on any atom is -0.349 e. The van der Waals surface area contributed by atoms with Crippen molar-refractivity contribution in [3.05, 3.63) is 0 Å². The third-order valence-electron chi connectivity index (χ3n) is 2.86. The van der Waals surface area contributed by atoms with Crippen molar-refractivity contribution in [1.29, 1.82) is 0 Å². The Hall–Kier alpha value is -0.100. The number of carbonyl (C=O) groups excluding carboxylic acids is 1. The first-order valence-electron chi connectivity index (χ1n) is 5.42. The second-order valence-corrected chi connectivity index (χ2v) is 7.29. The molecule has 0 bridgehead atoms. The number of sulfone groups is 1. The van der Waals surface area contributed by atoms with E-state index in [-0.39, 0.29) is 11.4 Å². The Labute approximate surface area is 105 Å².